The minimum absolute atomic E-state index is 0.151. The number of carboxylic acid groups (broad SMARTS) is 1. The summed E-state index contributed by atoms with van der Waals surface area (Å²) in [6.45, 7) is 6.42. The standard InChI is InChI=1S/C16H22N2O3/c1-10-8-13(9-14(12(10)3)15(19)20)17-16(21)18-7-5-4-6-11(18)2/h8-9,11H,4-7H2,1-3H3,(H,17,21)(H,19,20). The monoisotopic (exact) mass is 290 g/mol. The number of carbonyl (C=O) groups excluding carboxylic acids is 1. The van der Waals surface area contributed by atoms with Gasteiger partial charge in [-0.05, 0) is 63.3 Å². The van der Waals surface area contributed by atoms with Crippen molar-refractivity contribution in [3.63, 3.8) is 0 Å². The molecule has 0 aliphatic carbocycles. The Morgan fingerprint density at radius 3 is 2.62 bits per heavy atom. The zero-order chi connectivity index (χ0) is 15.6. The highest BCUT2D eigenvalue weighted by atomic mass is 16.4. The van der Waals surface area contributed by atoms with E-state index in [4.69, 9.17) is 0 Å². The van der Waals surface area contributed by atoms with Gasteiger partial charge in [0.05, 0.1) is 5.56 Å². The summed E-state index contributed by atoms with van der Waals surface area (Å²) in [6, 6.07) is 3.41. The molecule has 114 valence electrons. The maximum Gasteiger partial charge on any atom is 0.336 e. The quantitative estimate of drug-likeness (QED) is 0.877. The molecular formula is C16H22N2O3. The van der Waals surface area contributed by atoms with Crippen LogP contribution in [0.15, 0.2) is 12.1 Å². The fourth-order valence-electron chi connectivity index (χ4n) is 2.75. The number of aryl methyl sites for hydroxylation is 1. The van der Waals surface area contributed by atoms with E-state index in [1.807, 2.05) is 24.8 Å². The minimum Gasteiger partial charge on any atom is -0.478 e. The summed E-state index contributed by atoms with van der Waals surface area (Å²) < 4.78 is 0. The van der Waals surface area contributed by atoms with Crippen molar-refractivity contribution < 1.29 is 14.7 Å². The molecule has 2 amide bonds. The van der Waals surface area contributed by atoms with Crippen molar-refractivity contribution >= 4 is 17.7 Å². The largest absolute Gasteiger partial charge is 0.478 e. The van der Waals surface area contributed by atoms with E-state index < -0.39 is 5.97 Å². The number of benzene rings is 1. The van der Waals surface area contributed by atoms with Gasteiger partial charge < -0.3 is 15.3 Å². The SMILES string of the molecule is Cc1cc(NC(=O)N2CCCCC2C)cc(C(=O)O)c1C. The lowest BCUT2D eigenvalue weighted by atomic mass is 10.0. The van der Waals surface area contributed by atoms with Gasteiger partial charge in [-0.3, -0.25) is 0 Å². The number of rotatable bonds is 2. The Bertz CT molecular complexity index is 569. The van der Waals surface area contributed by atoms with E-state index in [0.717, 1.165) is 36.9 Å². The normalized spacial score (nSPS) is 18.4. The lowest BCUT2D eigenvalue weighted by molar-refractivity contribution is 0.0696. The zero-order valence-corrected chi connectivity index (χ0v) is 12.8. The molecule has 1 unspecified atom stereocenters. The molecule has 1 aliphatic rings. The number of urea groups is 1. The lowest BCUT2D eigenvalue weighted by Gasteiger charge is -2.33. The van der Waals surface area contributed by atoms with Crippen molar-refractivity contribution in [3.05, 3.63) is 28.8 Å². The van der Waals surface area contributed by atoms with Crippen LogP contribution in [-0.4, -0.2) is 34.6 Å². The van der Waals surface area contributed by atoms with Crippen LogP contribution in [0, 0.1) is 13.8 Å². The van der Waals surface area contributed by atoms with Crippen molar-refractivity contribution in [2.24, 2.45) is 0 Å². The molecule has 0 bridgehead atoms. The molecule has 2 N–H and O–H groups in total. The molecule has 1 atom stereocenters. The number of hydrogen-bond acceptors (Lipinski definition) is 2. The highest BCUT2D eigenvalue weighted by Crippen LogP contribution is 2.22. The van der Waals surface area contributed by atoms with Crippen molar-refractivity contribution in [1.29, 1.82) is 0 Å². The molecule has 5 heteroatoms. The van der Waals surface area contributed by atoms with Crippen LogP contribution in [-0.2, 0) is 0 Å². The average molecular weight is 290 g/mol. The summed E-state index contributed by atoms with van der Waals surface area (Å²) in [6.07, 6.45) is 3.18. The number of amides is 2. The van der Waals surface area contributed by atoms with Crippen molar-refractivity contribution in [2.75, 3.05) is 11.9 Å². The fourth-order valence-corrected chi connectivity index (χ4v) is 2.75. The van der Waals surface area contributed by atoms with E-state index in [-0.39, 0.29) is 17.6 Å². The van der Waals surface area contributed by atoms with Gasteiger partial charge in [0.15, 0.2) is 0 Å². The van der Waals surface area contributed by atoms with Gasteiger partial charge in [-0.25, -0.2) is 9.59 Å². The number of piperidine rings is 1. The highest BCUT2D eigenvalue weighted by molar-refractivity contribution is 5.94. The van der Waals surface area contributed by atoms with E-state index in [1.54, 1.807) is 6.92 Å². The Hall–Kier alpha value is -2.04. The summed E-state index contributed by atoms with van der Waals surface area (Å²) in [5, 5.41) is 12.0. The Kier molecular flexibility index (Phi) is 4.50. The van der Waals surface area contributed by atoms with Crippen molar-refractivity contribution in [3.8, 4) is 0 Å². The first-order valence-corrected chi connectivity index (χ1v) is 7.32. The summed E-state index contributed by atoms with van der Waals surface area (Å²) in [5.41, 5.74) is 2.36. The molecule has 1 aliphatic heterocycles. The third kappa shape index (κ3) is 3.35. The predicted molar refractivity (Wildman–Crippen MR) is 81.9 cm³/mol. The molecule has 1 saturated heterocycles. The Morgan fingerprint density at radius 1 is 1.29 bits per heavy atom. The topological polar surface area (TPSA) is 69.6 Å². The number of nitrogens with zero attached hydrogens (tertiary/aromatic N) is 1. The Labute approximate surface area is 125 Å². The van der Waals surface area contributed by atoms with E-state index in [1.165, 1.54) is 6.07 Å². The average Bonchev–Trinajstić information content (AvgIpc) is 2.42. The van der Waals surface area contributed by atoms with Crippen molar-refractivity contribution in [2.45, 2.75) is 46.1 Å². The third-order valence-electron chi connectivity index (χ3n) is 4.21. The molecule has 2 rings (SSSR count). The van der Waals surface area contributed by atoms with Crippen LogP contribution in [0.5, 0.6) is 0 Å². The number of carboxylic acids is 1. The molecule has 5 nitrogen and oxygen atoms in total. The van der Waals surface area contributed by atoms with Crippen LogP contribution in [0.2, 0.25) is 0 Å². The molecule has 1 heterocycles. The summed E-state index contributed by atoms with van der Waals surface area (Å²) in [7, 11) is 0. The summed E-state index contributed by atoms with van der Waals surface area (Å²) in [4.78, 5) is 25.4. The maximum atomic E-state index is 12.3. The molecular weight excluding hydrogens is 268 g/mol. The molecule has 0 saturated carbocycles. The van der Waals surface area contributed by atoms with Crippen LogP contribution in [0.4, 0.5) is 10.5 Å². The molecule has 0 aromatic heterocycles. The number of anilines is 1. The van der Waals surface area contributed by atoms with E-state index >= 15 is 0 Å². The number of hydrogen-bond donors (Lipinski definition) is 2. The fraction of sp³-hybridized carbons (Fsp3) is 0.500. The van der Waals surface area contributed by atoms with Gasteiger partial charge in [-0.15, -0.1) is 0 Å². The first kappa shape index (κ1) is 15.4. The second-order valence-electron chi connectivity index (χ2n) is 5.74. The first-order valence-electron chi connectivity index (χ1n) is 7.32. The van der Waals surface area contributed by atoms with E-state index in [2.05, 4.69) is 5.32 Å². The summed E-state index contributed by atoms with van der Waals surface area (Å²) in [5.74, 6) is -0.974. The van der Waals surface area contributed by atoms with Crippen LogP contribution >= 0.6 is 0 Å². The highest BCUT2D eigenvalue weighted by Gasteiger charge is 2.23. The maximum absolute atomic E-state index is 12.3. The second-order valence-corrected chi connectivity index (χ2v) is 5.74. The molecule has 1 aromatic rings. The van der Waals surface area contributed by atoms with E-state index in [0.29, 0.717) is 5.69 Å². The molecule has 1 fully saturated rings. The zero-order valence-electron chi connectivity index (χ0n) is 12.8. The van der Waals surface area contributed by atoms with Crippen LogP contribution in [0.25, 0.3) is 0 Å². The number of nitrogens with one attached hydrogen (secondary N) is 1. The van der Waals surface area contributed by atoms with Crippen LogP contribution < -0.4 is 5.32 Å². The van der Waals surface area contributed by atoms with Gasteiger partial charge >= 0.3 is 12.0 Å². The van der Waals surface area contributed by atoms with E-state index in [9.17, 15) is 14.7 Å². The van der Waals surface area contributed by atoms with Gasteiger partial charge in [0.25, 0.3) is 0 Å². The third-order valence-corrected chi connectivity index (χ3v) is 4.21. The number of carbonyl (C=O) groups is 2. The molecule has 21 heavy (non-hydrogen) atoms. The van der Waals surface area contributed by atoms with Crippen molar-refractivity contribution in [1.82, 2.24) is 4.90 Å². The predicted octanol–water partition coefficient (Wildman–Crippen LogP) is 3.41. The van der Waals surface area contributed by atoms with Gasteiger partial charge in [0, 0.05) is 18.3 Å². The summed E-state index contributed by atoms with van der Waals surface area (Å²) >= 11 is 0. The smallest absolute Gasteiger partial charge is 0.336 e. The Balaban J connectivity index is 2.19. The van der Waals surface area contributed by atoms with Gasteiger partial charge in [0.1, 0.15) is 0 Å². The lowest BCUT2D eigenvalue weighted by Crippen LogP contribution is -2.44. The second kappa shape index (κ2) is 6.16. The van der Waals surface area contributed by atoms with Gasteiger partial charge in [-0.1, -0.05) is 0 Å². The molecule has 0 spiro atoms. The number of aromatic carboxylic acids is 1. The Morgan fingerprint density at radius 2 is 2.00 bits per heavy atom. The van der Waals surface area contributed by atoms with Crippen LogP contribution in [0.3, 0.4) is 0 Å². The molecule has 1 aromatic carbocycles. The first-order chi connectivity index (χ1) is 9.90. The minimum atomic E-state index is -0.974. The molecule has 0 radical (unpaired) electrons. The van der Waals surface area contributed by atoms with Gasteiger partial charge in [0.2, 0.25) is 0 Å². The number of likely N-dealkylation sites (tertiary alicyclic amines) is 1. The van der Waals surface area contributed by atoms with Crippen LogP contribution in [0.1, 0.15) is 47.7 Å². The van der Waals surface area contributed by atoms with Gasteiger partial charge in [-0.2, -0.15) is 0 Å².